The van der Waals surface area contributed by atoms with E-state index in [1.165, 1.54) is 0 Å². The van der Waals surface area contributed by atoms with E-state index in [1.54, 1.807) is 0 Å². The number of alkyl halides is 1. The van der Waals surface area contributed by atoms with Crippen LogP contribution in [0.15, 0.2) is 36.5 Å². The summed E-state index contributed by atoms with van der Waals surface area (Å²) < 4.78 is 0. The highest BCUT2D eigenvalue weighted by atomic mass is 35.5. The zero-order valence-electron chi connectivity index (χ0n) is 8.94. The van der Waals surface area contributed by atoms with Gasteiger partial charge in [0.25, 0.3) is 0 Å². The van der Waals surface area contributed by atoms with Gasteiger partial charge in [0.2, 0.25) is 0 Å². The lowest BCUT2D eigenvalue weighted by molar-refractivity contribution is 0.623. The summed E-state index contributed by atoms with van der Waals surface area (Å²) in [5.74, 6) is 0.426. The van der Waals surface area contributed by atoms with Gasteiger partial charge in [0.05, 0.1) is 10.9 Å². The van der Waals surface area contributed by atoms with Crippen LogP contribution in [0.4, 0.5) is 0 Å². The van der Waals surface area contributed by atoms with Crippen LogP contribution in [0.25, 0.3) is 10.9 Å². The highest BCUT2D eigenvalue weighted by Crippen LogP contribution is 2.29. The van der Waals surface area contributed by atoms with E-state index in [9.17, 15) is 0 Å². The average Bonchev–Trinajstić information content (AvgIpc) is 2.27. The third kappa shape index (κ3) is 2.13. The first kappa shape index (κ1) is 10.4. The standard InChI is InChI=1S/C13H14ClN/c1-9(2)13(14)11-7-10-5-3-4-6-12(10)15-8-11/h3-9,13H,1-2H3. The van der Waals surface area contributed by atoms with Crippen LogP contribution in [0.5, 0.6) is 0 Å². The maximum absolute atomic E-state index is 6.30. The molecule has 1 aromatic carbocycles. The summed E-state index contributed by atoms with van der Waals surface area (Å²) in [6.45, 7) is 4.24. The lowest BCUT2D eigenvalue weighted by atomic mass is 10.0. The number of aromatic nitrogens is 1. The van der Waals surface area contributed by atoms with Gasteiger partial charge >= 0.3 is 0 Å². The van der Waals surface area contributed by atoms with Gasteiger partial charge in [0.1, 0.15) is 0 Å². The summed E-state index contributed by atoms with van der Waals surface area (Å²) in [6.07, 6.45) is 1.88. The second-order valence-corrected chi connectivity index (χ2v) is 4.58. The van der Waals surface area contributed by atoms with E-state index in [0.29, 0.717) is 5.92 Å². The van der Waals surface area contributed by atoms with E-state index >= 15 is 0 Å². The maximum atomic E-state index is 6.30. The molecule has 15 heavy (non-hydrogen) atoms. The molecule has 0 spiro atoms. The van der Waals surface area contributed by atoms with Crippen LogP contribution in [-0.4, -0.2) is 4.98 Å². The lowest BCUT2D eigenvalue weighted by Gasteiger charge is -2.13. The van der Waals surface area contributed by atoms with Gasteiger partial charge in [-0.3, -0.25) is 4.98 Å². The Balaban J connectivity index is 2.47. The van der Waals surface area contributed by atoms with Crippen LogP contribution in [0, 0.1) is 5.92 Å². The number of benzene rings is 1. The van der Waals surface area contributed by atoms with Crippen molar-refractivity contribution in [1.82, 2.24) is 4.98 Å². The summed E-state index contributed by atoms with van der Waals surface area (Å²) in [7, 11) is 0. The molecule has 1 atom stereocenters. The number of para-hydroxylation sites is 1. The molecule has 0 bridgehead atoms. The van der Waals surface area contributed by atoms with E-state index < -0.39 is 0 Å². The first-order valence-corrected chi connectivity index (χ1v) is 5.61. The molecule has 0 N–H and O–H groups in total. The Morgan fingerprint density at radius 2 is 1.93 bits per heavy atom. The topological polar surface area (TPSA) is 12.9 Å². The fraction of sp³-hybridized carbons (Fsp3) is 0.308. The van der Waals surface area contributed by atoms with E-state index in [-0.39, 0.29) is 5.38 Å². The second-order valence-electron chi connectivity index (χ2n) is 4.11. The fourth-order valence-electron chi connectivity index (χ4n) is 1.62. The van der Waals surface area contributed by atoms with Crippen molar-refractivity contribution in [2.24, 2.45) is 5.92 Å². The van der Waals surface area contributed by atoms with Crippen LogP contribution >= 0.6 is 11.6 Å². The van der Waals surface area contributed by atoms with Gasteiger partial charge in [-0.15, -0.1) is 11.6 Å². The Bertz CT molecular complexity index is 465. The van der Waals surface area contributed by atoms with Gasteiger partial charge in [-0.2, -0.15) is 0 Å². The molecule has 0 radical (unpaired) electrons. The molecule has 2 aromatic rings. The minimum Gasteiger partial charge on any atom is -0.256 e. The van der Waals surface area contributed by atoms with Crippen molar-refractivity contribution in [3.05, 3.63) is 42.1 Å². The molecule has 0 aliphatic rings. The molecular formula is C13H14ClN. The number of rotatable bonds is 2. The largest absolute Gasteiger partial charge is 0.256 e. The first-order chi connectivity index (χ1) is 7.18. The summed E-state index contributed by atoms with van der Waals surface area (Å²) >= 11 is 6.30. The third-order valence-corrected chi connectivity index (χ3v) is 3.27. The zero-order valence-corrected chi connectivity index (χ0v) is 9.70. The number of fused-ring (bicyclic) bond motifs is 1. The summed E-state index contributed by atoms with van der Waals surface area (Å²) in [5.41, 5.74) is 2.12. The van der Waals surface area contributed by atoms with Gasteiger partial charge < -0.3 is 0 Å². The molecular weight excluding hydrogens is 206 g/mol. The van der Waals surface area contributed by atoms with Crippen molar-refractivity contribution in [2.45, 2.75) is 19.2 Å². The molecule has 78 valence electrons. The van der Waals surface area contributed by atoms with Gasteiger partial charge in [-0.1, -0.05) is 32.0 Å². The smallest absolute Gasteiger partial charge is 0.0702 e. The predicted octanol–water partition coefficient (Wildman–Crippen LogP) is 4.17. The van der Waals surface area contributed by atoms with Crippen molar-refractivity contribution < 1.29 is 0 Å². The molecule has 0 aliphatic heterocycles. The Hall–Kier alpha value is -1.08. The van der Waals surface area contributed by atoms with Crippen LogP contribution in [-0.2, 0) is 0 Å². The number of nitrogens with zero attached hydrogens (tertiary/aromatic N) is 1. The monoisotopic (exact) mass is 219 g/mol. The van der Waals surface area contributed by atoms with Crippen molar-refractivity contribution >= 4 is 22.5 Å². The minimum atomic E-state index is 0.0436. The maximum Gasteiger partial charge on any atom is 0.0702 e. The van der Waals surface area contributed by atoms with Gasteiger partial charge in [-0.05, 0) is 23.6 Å². The molecule has 2 heteroatoms. The number of halogens is 1. The summed E-state index contributed by atoms with van der Waals surface area (Å²) in [6, 6.07) is 10.2. The Labute approximate surface area is 95.1 Å². The lowest BCUT2D eigenvalue weighted by Crippen LogP contribution is -1.99. The number of pyridine rings is 1. The van der Waals surface area contributed by atoms with E-state index in [2.05, 4.69) is 31.0 Å². The van der Waals surface area contributed by atoms with E-state index in [4.69, 9.17) is 11.6 Å². The van der Waals surface area contributed by atoms with Crippen LogP contribution in [0.3, 0.4) is 0 Å². The van der Waals surface area contributed by atoms with Gasteiger partial charge in [0, 0.05) is 11.6 Å². The normalized spacial score (nSPS) is 13.3. The quantitative estimate of drug-likeness (QED) is 0.691. The molecule has 1 heterocycles. The molecule has 2 rings (SSSR count). The molecule has 1 nitrogen and oxygen atoms in total. The van der Waals surface area contributed by atoms with Crippen molar-refractivity contribution in [3.63, 3.8) is 0 Å². The SMILES string of the molecule is CC(C)C(Cl)c1cnc2ccccc2c1. The van der Waals surface area contributed by atoms with Crippen molar-refractivity contribution in [2.75, 3.05) is 0 Å². The minimum absolute atomic E-state index is 0.0436. The highest BCUT2D eigenvalue weighted by molar-refractivity contribution is 6.21. The summed E-state index contributed by atoms with van der Waals surface area (Å²) in [4.78, 5) is 4.40. The Kier molecular flexibility index (Phi) is 2.92. The van der Waals surface area contributed by atoms with Crippen molar-refractivity contribution in [1.29, 1.82) is 0 Å². The van der Waals surface area contributed by atoms with E-state index in [0.717, 1.165) is 16.5 Å². The van der Waals surface area contributed by atoms with Gasteiger partial charge in [0.15, 0.2) is 0 Å². The fourth-order valence-corrected chi connectivity index (χ4v) is 1.74. The predicted molar refractivity (Wildman–Crippen MR) is 65.2 cm³/mol. The molecule has 0 aliphatic carbocycles. The second kappa shape index (κ2) is 4.19. The van der Waals surface area contributed by atoms with Crippen LogP contribution < -0.4 is 0 Å². The summed E-state index contributed by atoms with van der Waals surface area (Å²) in [5, 5.41) is 1.20. The molecule has 1 aromatic heterocycles. The molecule has 1 unspecified atom stereocenters. The Morgan fingerprint density at radius 1 is 1.20 bits per heavy atom. The average molecular weight is 220 g/mol. The third-order valence-electron chi connectivity index (χ3n) is 2.52. The zero-order chi connectivity index (χ0) is 10.8. The first-order valence-electron chi connectivity index (χ1n) is 5.17. The van der Waals surface area contributed by atoms with E-state index in [1.807, 2.05) is 24.4 Å². The van der Waals surface area contributed by atoms with Crippen LogP contribution in [0.1, 0.15) is 24.8 Å². The number of hydrogen-bond acceptors (Lipinski definition) is 1. The Morgan fingerprint density at radius 3 is 2.67 bits per heavy atom. The molecule has 0 fully saturated rings. The number of hydrogen-bond donors (Lipinski definition) is 0. The molecule has 0 saturated carbocycles. The van der Waals surface area contributed by atoms with Crippen molar-refractivity contribution in [3.8, 4) is 0 Å². The highest BCUT2D eigenvalue weighted by Gasteiger charge is 2.12. The van der Waals surface area contributed by atoms with Crippen LogP contribution in [0.2, 0.25) is 0 Å². The molecule has 0 saturated heterocycles. The van der Waals surface area contributed by atoms with Gasteiger partial charge in [-0.25, -0.2) is 0 Å². The molecule has 0 amide bonds.